The molecule has 0 aliphatic carbocycles. The second-order valence-electron chi connectivity index (χ2n) is 3.97. The van der Waals surface area contributed by atoms with Gasteiger partial charge >= 0.3 is 0 Å². The van der Waals surface area contributed by atoms with Gasteiger partial charge in [-0.1, -0.05) is 25.5 Å². The summed E-state index contributed by atoms with van der Waals surface area (Å²) in [7, 11) is 0. The highest BCUT2D eigenvalue weighted by atomic mass is 79.9. The van der Waals surface area contributed by atoms with Crippen LogP contribution in [0.2, 0.25) is 0 Å². The van der Waals surface area contributed by atoms with E-state index in [1.54, 1.807) is 0 Å². The van der Waals surface area contributed by atoms with Gasteiger partial charge in [-0.15, -0.1) is 0 Å². The van der Waals surface area contributed by atoms with Gasteiger partial charge in [0.2, 0.25) is 0 Å². The van der Waals surface area contributed by atoms with Gasteiger partial charge in [-0.05, 0) is 40.0 Å². The molecule has 0 saturated heterocycles. The minimum atomic E-state index is -0.199. The second kappa shape index (κ2) is 5.82. The van der Waals surface area contributed by atoms with Crippen molar-refractivity contribution in [1.82, 2.24) is 9.97 Å². The van der Waals surface area contributed by atoms with Crippen molar-refractivity contribution in [3.8, 4) is 0 Å². The number of aryl methyl sites for hydroxylation is 1. The van der Waals surface area contributed by atoms with Crippen LogP contribution in [0.15, 0.2) is 39.9 Å². The van der Waals surface area contributed by atoms with E-state index in [0.717, 1.165) is 18.5 Å². The van der Waals surface area contributed by atoms with Gasteiger partial charge in [0.25, 0.3) is 5.56 Å². The largest absolute Gasteiger partial charge is 0.339 e. The molecule has 1 aromatic carbocycles. The second-order valence-corrected chi connectivity index (χ2v) is 4.76. The van der Waals surface area contributed by atoms with E-state index >= 15 is 0 Å². The van der Waals surface area contributed by atoms with Gasteiger partial charge < -0.3 is 10.3 Å². The molecule has 4 nitrogen and oxygen atoms in total. The van der Waals surface area contributed by atoms with Crippen molar-refractivity contribution in [2.24, 2.45) is 0 Å². The van der Waals surface area contributed by atoms with Crippen molar-refractivity contribution in [2.45, 2.75) is 19.8 Å². The smallest absolute Gasteiger partial charge is 0.267 e. The summed E-state index contributed by atoms with van der Waals surface area (Å²) in [5.74, 6) is 0.516. The first-order valence-electron chi connectivity index (χ1n) is 5.80. The first-order valence-corrected chi connectivity index (χ1v) is 6.59. The Bertz CT molecular complexity index is 578. The summed E-state index contributed by atoms with van der Waals surface area (Å²) < 4.78 is 0.405. The average molecular weight is 308 g/mol. The van der Waals surface area contributed by atoms with E-state index in [1.165, 1.54) is 11.9 Å². The first-order chi connectivity index (χ1) is 8.70. The molecule has 0 atom stereocenters. The Morgan fingerprint density at radius 1 is 1.33 bits per heavy atom. The van der Waals surface area contributed by atoms with Crippen LogP contribution in [0.4, 0.5) is 11.5 Å². The number of hydrogen-bond donors (Lipinski definition) is 2. The molecular formula is C13H14BrN3O. The molecule has 2 rings (SSSR count). The highest BCUT2D eigenvalue weighted by Gasteiger charge is 2.05. The molecule has 18 heavy (non-hydrogen) atoms. The van der Waals surface area contributed by atoms with Crippen molar-refractivity contribution in [1.29, 1.82) is 0 Å². The van der Waals surface area contributed by atoms with Crippen LogP contribution in [0.3, 0.4) is 0 Å². The van der Waals surface area contributed by atoms with Crippen LogP contribution in [0.1, 0.15) is 18.9 Å². The Balaban J connectivity index is 2.18. The predicted molar refractivity (Wildman–Crippen MR) is 76.3 cm³/mol. The topological polar surface area (TPSA) is 57.8 Å². The molecule has 1 aromatic heterocycles. The van der Waals surface area contributed by atoms with Crippen LogP contribution >= 0.6 is 15.9 Å². The van der Waals surface area contributed by atoms with E-state index in [9.17, 15) is 4.79 Å². The molecule has 2 N–H and O–H groups in total. The lowest BCUT2D eigenvalue weighted by molar-refractivity contribution is 0.922. The maximum Gasteiger partial charge on any atom is 0.267 e. The van der Waals surface area contributed by atoms with E-state index in [-0.39, 0.29) is 5.56 Å². The number of anilines is 2. The number of H-pyrrole nitrogens is 1. The Kier molecular flexibility index (Phi) is 4.15. The molecule has 0 amide bonds. The van der Waals surface area contributed by atoms with Crippen molar-refractivity contribution in [3.63, 3.8) is 0 Å². The molecule has 94 valence electrons. The summed E-state index contributed by atoms with van der Waals surface area (Å²) in [5, 5.41) is 3.10. The zero-order valence-corrected chi connectivity index (χ0v) is 11.6. The number of rotatable bonds is 4. The summed E-state index contributed by atoms with van der Waals surface area (Å²) >= 11 is 3.21. The number of aromatic nitrogens is 2. The summed E-state index contributed by atoms with van der Waals surface area (Å²) in [6, 6.07) is 8.13. The third kappa shape index (κ3) is 2.98. The Morgan fingerprint density at radius 2 is 2.06 bits per heavy atom. The van der Waals surface area contributed by atoms with E-state index < -0.39 is 0 Å². The molecule has 2 aromatic rings. The lowest BCUT2D eigenvalue weighted by Crippen LogP contribution is -2.09. The number of aromatic amines is 1. The van der Waals surface area contributed by atoms with Crippen molar-refractivity contribution >= 4 is 27.4 Å². The quantitative estimate of drug-likeness (QED) is 0.911. The van der Waals surface area contributed by atoms with Gasteiger partial charge in [-0.3, -0.25) is 4.79 Å². The number of halogens is 1. The lowest BCUT2D eigenvalue weighted by Gasteiger charge is -2.07. The van der Waals surface area contributed by atoms with E-state index in [2.05, 4.69) is 50.3 Å². The summed E-state index contributed by atoms with van der Waals surface area (Å²) in [4.78, 5) is 18.0. The number of nitrogens with zero attached hydrogens (tertiary/aromatic N) is 1. The SMILES string of the molecule is CCCc1ccc(Nc2nc[nH]c(=O)c2Br)cc1. The maximum atomic E-state index is 11.4. The molecule has 0 unspecified atom stereocenters. The minimum absolute atomic E-state index is 0.199. The fraction of sp³-hybridized carbons (Fsp3) is 0.231. The monoisotopic (exact) mass is 307 g/mol. The molecule has 0 aliphatic rings. The molecule has 0 radical (unpaired) electrons. The van der Waals surface area contributed by atoms with Gasteiger partial charge in [0.1, 0.15) is 4.47 Å². The van der Waals surface area contributed by atoms with Gasteiger partial charge in [-0.2, -0.15) is 0 Å². The van der Waals surface area contributed by atoms with Gasteiger partial charge in [0.15, 0.2) is 5.82 Å². The molecule has 0 saturated carbocycles. The number of benzene rings is 1. The summed E-state index contributed by atoms with van der Waals surface area (Å²) in [6.07, 6.45) is 3.59. The fourth-order valence-corrected chi connectivity index (χ4v) is 1.97. The zero-order chi connectivity index (χ0) is 13.0. The van der Waals surface area contributed by atoms with Crippen LogP contribution in [0.5, 0.6) is 0 Å². The third-order valence-corrected chi connectivity index (χ3v) is 3.29. The highest BCUT2D eigenvalue weighted by Crippen LogP contribution is 2.20. The summed E-state index contributed by atoms with van der Waals surface area (Å²) in [6.45, 7) is 2.16. The minimum Gasteiger partial charge on any atom is -0.339 e. The van der Waals surface area contributed by atoms with Crippen molar-refractivity contribution in [3.05, 3.63) is 51.0 Å². The molecule has 5 heteroatoms. The van der Waals surface area contributed by atoms with Crippen molar-refractivity contribution in [2.75, 3.05) is 5.32 Å². The molecule has 1 heterocycles. The number of hydrogen-bond acceptors (Lipinski definition) is 3. The predicted octanol–water partition coefficient (Wildman–Crippen LogP) is 3.23. The van der Waals surface area contributed by atoms with Gasteiger partial charge in [0.05, 0.1) is 6.33 Å². The Morgan fingerprint density at radius 3 is 2.72 bits per heavy atom. The van der Waals surface area contributed by atoms with E-state index in [0.29, 0.717) is 10.3 Å². The van der Waals surface area contributed by atoms with Crippen LogP contribution in [-0.4, -0.2) is 9.97 Å². The molecule has 0 spiro atoms. The highest BCUT2D eigenvalue weighted by molar-refractivity contribution is 9.10. The van der Waals surface area contributed by atoms with Crippen LogP contribution in [0.25, 0.3) is 0 Å². The van der Waals surface area contributed by atoms with E-state index in [4.69, 9.17) is 0 Å². The summed E-state index contributed by atoms with van der Waals surface area (Å²) in [5.41, 5.74) is 2.02. The van der Waals surface area contributed by atoms with Gasteiger partial charge in [-0.25, -0.2) is 4.98 Å². The third-order valence-electron chi connectivity index (χ3n) is 2.55. The average Bonchev–Trinajstić information content (AvgIpc) is 2.38. The van der Waals surface area contributed by atoms with E-state index in [1.807, 2.05) is 12.1 Å². The number of nitrogens with one attached hydrogen (secondary N) is 2. The molecule has 0 bridgehead atoms. The molecule has 0 aliphatic heterocycles. The zero-order valence-electron chi connectivity index (χ0n) is 10.0. The fourth-order valence-electron chi connectivity index (χ4n) is 1.65. The molecule has 0 fully saturated rings. The first kappa shape index (κ1) is 12.8. The Hall–Kier alpha value is -1.62. The molecular weight excluding hydrogens is 294 g/mol. The normalized spacial score (nSPS) is 10.3. The van der Waals surface area contributed by atoms with Crippen LogP contribution in [0, 0.1) is 0 Å². The van der Waals surface area contributed by atoms with Crippen molar-refractivity contribution < 1.29 is 0 Å². The lowest BCUT2D eigenvalue weighted by atomic mass is 10.1. The van der Waals surface area contributed by atoms with Crippen LogP contribution < -0.4 is 10.9 Å². The van der Waals surface area contributed by atoms with Crippen LogP contribution in [-0.2, 0) is 6.42 Å². The Labute approximate surface area is 114 Å². The van der Waals surface area contributed by atoms with Gasteiger partial charge in [0, 0.05) is 5.69 Å². The maximum absolute atomic E-state index is 11.4. The standard InChI is InChI=1S/C13H14BrN3O/c1-2-3-9-4-6-10(7-5-9)17-12-11(14)13(18)16-8-15-12/h4-8H,2-3H2,1H3,(H2,15,16,17,18).